The highest BCUT2D eigenvalue weighted by atomic mass is 16.2. The molecule has 1 aliphatic carbocycles. The molecule has 2 N–H and O–H groups in total. The number of amides is 4. The van der Waals surface area contributed by atoms with E-state index in [1.165, 1.54) is 10.9 Å². The largest absolute Gasteiger partial charge is 0.354 e. The number of fused-ring (bicyclic) bond motifs is 1. The van der Waals surface area contributed by atoms with Crippen molar-refractivity contribution >= 4 is 28.7 Å². The van der Waals surface area contributed by atoms with Gasteiger partial charge in [0, 0.05) is 24.8 Å². The fourth-order valence-electron chi connectivity index (χ4n) is 5.66. The number of aromatic nitrogens is 1. The number of urea groups is 1. The van der Waals surface area contributed by atoms with E-state index in [0.29, 0.717) is 25.3 Å². The molecule has 4 amide bonds. The lowest BCUT2D eigenvalue weighted by Crippen LogP contribution is -2.54. The van der Waals surface area contributed by atoms with E-state index < -0.39 is 11.6 Å². The molecule has 31 heavy (non-hydrogen) atoms. The van der Waals surface area contributed by atoms with Crippen molar-refractivity contribution in [2.75, 3.05) is 13.1 Å². The monoisotopic (exact) mass is 424 g/mol. The van der Waals surface area contributed by atoms with Gasteiger partial charge in [0.2, 0.25) is 5.91 Å². The van der Waals surface area contributed by atoms with Gasteiger partial charge < -0.3 is 15.2 Å². The average Bonchev–Trinajstić information content (AvgIpc) is 3.18. The molecule has 0 radical (unpaired) electrons. The fraction of sp³-hybridized carbons (Fsp3) is 0.542. The Kier molecular flexibility index (Phi) is 5.54. The summed E-state index contributed by atoms with van der Waals surface area (Å²) >= 11 is 0. The number of hydrogen-bond donors (Lipinski definition) is 2. The summed E-state index contributed by atoms with van der Waals surface area (Å²) in [5.41, 5.74) is 0.276. The first-order valence-corrected chi connectivity index (χ1v) is 11.1. The number of carbonyl (C=O) groups excluding carboxylic acids is 3. The molecule has 1 aromatic carbocycles. The molecular weight excluding hydrogens is 392 g/mol. The predicted octanol–water partition coefficient (Wildman–Crippen LogP) is 3.28. The first-order chi connectivity index (χ1) is 14.7. The normalized spacial score (nSPS) is 25.3. The van der Waals surface area contributed by atoms with Crippen LogP contribution in [0.4, 0.5) is 4.79 Å². The molecule has 1 saturated heterocycles. The van der Waals surface area contributed by atoms with Gasteiger partial charge in [-0.25, -0.2) is 4.79 Å². The second-order valence-electron chi connectivity index (χ2n) is 10.0. The van der Waals surface area contributed by atoms with E-state index >= 15 is 0 Å². The Balaban J connectivity index is 1.29. The Labute approximate surface area is 183 Å². The van der Waals surface area contributed by atoms with E-state index in [1.54, 1.807) is 0 Å². The first-order valence-electron chi connectivity index (χ1n) is 11.1. The van der Waals surface area contributed by atoms with Crippen LogP contribution in [-0.2, 0) is 16.1 Å². The van der Waals surface area contributed by atoms with Crippen molar-refractivity contribution in [3.05, 3.63) is 36.5 Å². The average molecular weight is 425 g/mol. The van der Waals surface area contributed by atoms with Gasteiger partial charge in [-0.2, -0.15) is 0 Å². The van der Waals surface area contributed by atoms with Crippen LogP contribution in [0.15, 0.2) is 36.5 Å². The molecule has 1 spiro atoms. The number of rotatable bonds is 6. The van der Waals surface area contributed by atoms with Crippen molar-refractivity contribution in [3.8, 4) is 0 Å². The second-order valence-corrected chi connectivity index (χ2v) is 10.0. The van der Waals surface area contributed by atoms with E-state index in [2.05, 4.69) is 54.2 Å². The molecule has 1 saturated carbocycles. The van der Waals surface area contributed by atoms with Gasteiger partial charge in [0.25, 0.3) is 5.91 Å². The summed E-state index contributed by atoms with van der Waals surface area (Å²) in [4.78, 5) is 39.2. The molecule has 2 unspecified atom stereocenters. The zero-order chi connectivity index (χ0) is 22.2. The van der Waals surface area contributed by atoms with Gasteiger partial charge in [-0.3, -0.25) is 14.5 Å². The summed E-state index contributed by atoms with van der Waals surface area (Å²) in [5, 5.41) is 6.96. The number of para-hydroxylation sites is 1. The summed E-state index contributed by atoms with van der Waals surface area (Å²) in [6.45, 7) is 7.43. The van der Waals surface area contributed by atoms with Gasteiger partial charge >= 0.3 is 6.03 Å². The van der Waals surface area contributed by atoms with Gasteiger partial charge in [-0.15, -0.1) is 0 Å². The highest BCUT2D eigenvalue weighted by molar-refractivity contribution is 6.09. The number of aryl methyl sites for hydroxylation is 1. The van der Waals surface area contributed by atoms with Crippen LogP contribution in [0.1, 0.15) is 46.5 Å². The quantitative estimate of drug-likeness (QED) is 0.551. The lowest BCUT2D eigenvalue weighted by Gasteiger charge is -2.43. The Hall–Kier alpha value is -2.83. The van der Waals surface area contributed by atoms with Crippen molar-refractivity contribution < 1.29 is 14.4 Å². The van der Waals surface area contributed by atoms with Gasteiger partial charge in [-0.05, 0) is 54.5 Å². The Bertz CT molecular complexity index is 1010. The van der Waals surface area contributed by atoms with Crippen molar-refractivity contribution in [1.29, 1.82) is 0 Å². The maximum Gasteiger partial charge on any atom is 0.325 e. The van der Waals surface area contributed by atoms with Crippen LogP contribution >= 0.6 is 0 Å². The fourth-order valence-corrected chi connectivity index (χ4v) is 5.66. The van der Waals surface area contributed by atoms with Crippen molar-refractivity contribution in [2.24, 2.45) is 11.3 Å². The molecule has 2 atom stereocenters. The summed E-state index contributed by atoms with van der Waals surface area (Å²) in [6.07, 6.45) is 5.07. The van der Waals surface area contributed by atoms with E-state index in [4.69, 9.17) is 0 Å². The molecule has 166 valence electrons. The molecule has 4 rings (SSSR count). The van der Waals surface area contributed by atoms with Gasteiger partial charge in [0.1, 0.15) is 12.1 Å². The summed E-state index contributed by atoms with van der Waals surface area (Å²) in [7, 11) is 0. The summed E-state index contributed by atoms with van der Waals surface area (Å²) in [5.74, 6) is -0.223. The maximum absolute atomic E-state index is 13.1. The zero-order valence-corrected chi connectivity index (χ0v) is 18.6. The second kappa shape index (κ2) is 8.02. The minimum absolute atomic E-state index is 0.0263. The van der Waals surface area contributed by atoms with Crippen molar-refractivity contribution in [3.63, 3.8) is 0 Å². The van der Waals surface area contributed by atoms with E-state index in [0.717, 1.165) is 24.3 Å². The van der Waals surface area contributed by atoms with Crippen molar-refractivity contribution in [2.45, 2.75) is 58.5 Å². The van der Waals surface area contributed by atoms with Gasteiger partial charge in [0.05, 0.1) is 0 Å². The van der Waals surface area contributed by atoms with E-state index in [9.17, 15) is 14.4 Å². The molecular formula is C24H32N4O3. The molecule has 1 aromatic heterocycles. The van der Waals surface area contributed by atoms with Crippen LogP contribution in [0.5, 0.6) is 0 Å². The van der Waals surface area contributed by atoms with Crippen LogP contribution in [0.2, 0.25) is 0 Å². The Morgan fingerprint density at radius 2 is 1.97 bits per heavy atom. The van der Waals surface area contributed by atoms with E-state index in [1.807, 2.05) is 18.3 Å². The van der Waals surface area contributed by atoms with Crippen LogP contribution in [-0.4, -0.2) is 45.9 Å². The molecule has 0 bridgehead atoms. The van der Waals surface area contributed by atoms with Crippen LogP contribution < -0.4 is 10.6 Å². The molecule has 7 heteroatoms. The summed E-state index contributed by atoms with van der Waals surface area (Å²) in [6, 6.07) is 9.81. The lowest BCUT2D eigenvalue weighted by atomic mass is 9.64. The number of carbonyl (C=O) groups is 3. The number of nitrogens with zero attached hydrogens (tertiary/aromatic N) is 2. The van der Waals surface area contributed by atoms with E-state index in [-0.39, 0.29) is 23.8 Å². The lowest BCUT2D eigenvalue weighted by molar-refractivity contribution is -0.137. The number of imide groups is 1. The highest BCUT2D eigenvalue weighted by Gasteiger charge is 2.56. The van der Waals surface area contributed by atoms with Crippen molar-refractivity contribution in [1.82, 2.24) is 20.1 Å². The molecule has 7 nitrogen and oxygen atoms in total. The van der Waals surface area contributed by atoms with Gasteiger partial charge in [-0.1, -0.05) is 39.0 Å². The molecule has 1 aliphatic heterocycles. The minimum atomic E-state index is -0.867. The number of nitrogens with one attached hydrogen (secondary N) is 2. The van der Waals surface area contributed by atoms with Crippen LogP contribution in [0.25, 0.3) is 10.9 Å². The first kappa shape index (κ1) is 21.4. The smallest absolute Gasteiger partial charge is 0.325 e. The predicted molar refractivity (Wildman–Crippen MR) is 119 cm³/mol. The third-order valence-corrected chi connectivity index (χ3v) is 6.50. The summed E-state index contributed by atoms with van der Waals surface area (Å²) < 4.78 is 2.16. The maximum atomic E-state index is 13.1. The molecule has 2 aliphatic rings. The minimum Gasteiger partial charge on any atom is -0.354 e. The zero-order valence-electron chi connectivity index (χ0n) is 18.6. The Morgan fingerprint density at radius 3 is 2.74 bits per heavy atom. The third kappa shape index (κ3) is 4.31. The number of benzene rings is 1. The number of hydrogen-bond acceptors (Lipinski definition) is 3. The third-order valence-electron chi connectivity index (χ3n) is 6.50. The molecule has 2 fully saturated rings. The molecule has 2 heterocycles. The topological polar surface area (TPSA) is 83.4 Å². The SMILES string of the molecule is CC1CC(C)(C)CC2(C1)NC(=O)N(CC(=O)NCCCn1ccc3ccccc31)C2=O. The molecule has 2 aromatic rings. The Morgan fingerprint density at radius 1 is 1.19 bits per heavy atom. The standard InChI is InChI=1S/C24H32N4O3/c1-17-13-23(2,3)16-24(14-17)21(30)28(22(31)26-24)15-20(29)25-10-6-11-27-12-9-18-7-4-5-8-19(18)27/h4-5,7-9,12,17H,6,10-11,13-16H2,1-3H3,(H,25,29)(H,26,31). The van der Waals surface area contributed by atoms with Crippen LogP contribution in [0, 0.1) is 11.3 Å². The van der Waals surface area contributed by atoms with Gasteiger partial charge in [0.15, 0.2) is 0 Å². The highest BCUT2D eigenvalue weighted by Crippen LogP contribution is 2.46. The van der Waals surface area contributed by atoms with Crippen LogP contribution in [0.3, 0.4) is 0 Å².